The van der Waals surface area contributed by atoms with Gasteiger partial charge in [-0.25, -0.2) is 4.98 Å². The fourth-order valence-corrected chi connectivity index (χ4v) is 3.70. The van der Waals surface area contributed by atoms with Crippen LogP contribution in [0.1, 0.15) is 34.5 Å². The zero-order chi connectivity index (χ0) is 20.4. The number of benzene rings is 1. The SMILES string of the molecule is Cc1cc(C)n(C[C@@H]2CCCO2)c(=O)c1C(=O)Nc1cccc(-c2ncn[nH]2)c1. The van der Waals surface area contributed by atoms with E-state index in [1.165, 1.54) is 6.33 Å². The molecular formula is C21H23N5O3. The topological polar surface area (TPSA) is 102 Å². The molecule has 1 saturated heterocycles. The van der Waals surface area contributed by atoms with Crippen LogP contribution in [-0.2, 0) is 11.3 Å². The Labute approximate surface area is 167 Å². The Morgan fingerprint density at radius 1 is 1.34 bits per heavy atom. The van der Waals surface area contributed by atoms with Crippen LogP contribution >= 0.6 is 0 Å². The van der Waals surface area contributed by atoms with Crippen LogP contribution in [-0.4, -0.2) is 38.4 Å². The molecule has 8 heteroatoms. The number of hydrogen-bond donors (Lipinski definition) is 2. The van der Waals surface area contributed by atoms with E-state index < -0.39 is 5.91 Å². The van der Waals surface area contributed by atoms with Crippen molar-refractivity contribution in [2.24, 2.45) is 0 Å². The summed E-state index contributed by atoms with van der Waals surface area (Å²) in [5.74, 6) is 0.176. The number of aromatic amines is 1. The van der Waals surface area contributed by atoms with Gasteiger partial charge in [0.05, 0.1) is 12.6 Å². The third kappa shape index (κ3) is 3.97. The van der Waals surface area contributed by atoms with Crippen LogP contribution in [0.5, 0.6) is 0 Å². The van der Waals surface area contributed by atoms with E-state index in [0.29, 0.717) is 23.6 Å². The largest absolute Gasteiger partial charge is 0.376 e. The summed E-state index contributed by atoms with van der Waals surface area (Å²) in [5, 5.41) is 9.47. The summed E-state index contributed by atoms with van der Waals surface area (Å²) in [5.41, 5.74) is 2.71. The van der Waals surface area contributed by atoms with Gasteiger partial charge in [-0.1, -0.05) is 12.1 Å². The predicted octanol–water partition coefficient (Wildman–Crippen LogP) is 2.68. The number of aromatic nitrogens is 4. The minimum absolute atomic E-state index is 0.0172. The van der Waals surface area contributed by atoms with E-state index in [9.17, 15) is 9.59 Å². The van der Waals surface area contributed by atoms with Gasteiger partial charge in [-0.15, -0.1) is 0 Å². The number of pyridine rings is 1. The molecule has 1 fully saturated rings. The standard InChI is InChI=1S/C21H23N5O3/c1-13-9-14(2)26(11-17-7-4-8-29-17)21(28)18(13)20(27)24-16-6-3-5-15(10-16)19-22-12-23-25-19/h3,5-6,9-10,12,17H,4,7-8,11H2,1-2H3,(H,24,27)(H,22,23,25)/t17-/m0/s1. The number of rotatable bonds is 5. The van der Waals surface area contributed by atoms with Crippen molar-refractivity contribution in [1.82, 2.24) is 19.7 Å². The lowest BCUT2D eigenvalue weighted by Crippen LogP contribution is -2.34. The lowest BCUT2D eigenvalue weighted by molar-refractivity contribution is 0.0947. The number of hydrogen-bond acceptors (Lipinski definition) is 5. The van der Waals surface area contributed by atoms with Crippen molar-refractivity contribution in [2.45, 2.75) is 39.3 Å². The molecule has 4 rings (SSSR count). The summed E-state index contributed by atoms with van der Waals surface area (Å²) >= 11 is 0. The summed E-state index contributed by atoms with van der Waals surface area (Å²) in [7, 11) is 0. The molecule has 2 aromatic heterocycles. The first-order chi connectivity index (χ1) is 14.0. The first-order valence-electron chi connectivity index (χ1n) is 9.62. The van der Waals surface area contributed by atoms with E-state index in [1.54, 1.807) is 23.6 Å². The quantitative estimate of drug-likeness (QED) is 0.694. The van der Waals surface area contributed by atoms with Crippen LogP contribution in [0.25, 0.3) is 11.4 Å². The molecule has 1 atom stereocenters. The molecule has 3 aromatic rings. The number of aryl methyl sites for hydroxylation is 2. The number of anilines is 1. The second kappa shape index (κ2) is 8.00. The molecule has 8 nitrogen and oxygen atoms in total. The van der Waals surface area contributed by atoms with E-state index >= 15 is 0 Å². The lowest BCUT2D eigenvalue weighted by Gasteiger charge is -2.17. The van der Waals surface area contributed by atoms with E-state index in [2.05, 4.69) is 20.5 Å². The minimum Gasteiger partial charge on any atom is -0.376 e. The average Bonchev–Trinajstić information content (AvgIpc) is 3.39. The predicted molar refractivity (Wildman–Crippen MR) is 109 cm³/mol. The minimum atomic E-state index is -0.427. The fraction of sp³-hybridized carbons (Fsp3) is 0.333. The van der Waals surface area contributed by atoms with Gasteiger partial charge in [0, 0.05) is 23.6 Å². The number of nitrogens with zero attached hydrogens (tertiary/aromatic N) is 3. The summed E-state index contributed by atoms with van der Waals surface area (Å²) in [6.07, 6.45) is 3.37. The average molecular weight is 393 g/mol. The Balaban J connectivity index is 1.62. The van der Waals surface area contributed by atoms with E-state index in [4.69, 9.17) is 4.74 Å². The number of H-pyrrole nitrogens is 1. The highest BCUT2D eigenvalue weighted by molar-refractivity contribution is 6.05. The molecule has 0 bridgehead atoms. The van der Waals surface area contributed by atoms with Gasteiger partial charge < -0.3 is 14.6 Å². The fourth-order valence-electron chi connectivity index (χ4n) is 3.70. The van der Waals surface area contributed by atoms with Crippen LogP contribution in [0, 0.1) is 13.8 Å². The molecule has 2 N–H and O–H groups in total. The highest BCUT2D eigenvalue weighted by Gasteiger charge is 2.22. The van der Waals surface area contributed by atoms with Crippen LogP contribution in [0.15, 0.2) is 41.5 Å². The van der Waals surface area contributed by atoms with Gasteiger partial charge in [-0.05, 0) is 50.5 Å². The summed E-state index contributed by atoms with van der Waals surface area (Å²) in [6.45, 7) is 4.85. The summed E-state index contributed by atoms with van der Waals surface area (Å²) in [4.78, 5) is 30.2. The third-order valence-corrected chi connectivity index (χ3v) is 5.15. The number of nitrogens with one attached hydrogen (secondary N) is 2. The molecule has 29 heavy (non-hydrogen) atoms. The first kappa shape index (κ1) is 19.1. The zero-order valence-electron chi connectivity index (χ0n) is 16.4. The normalized spacial score (nSPS) is 16.1. The van der Waals surface area contributed by atoms with E-state index in [-0.39, 0.29) is 17.2 Å². The van der Waals surface area contributed by atoms with Crippen LogP contribution < -0.4 is 10.9 Å². The molecule has 3 heterocycles. The molecule has 1 aliphatic heterocycles. The Morgan fingerprint density at radius 2 is 2.21 bits per heavy atom. The highest BCUT2D eigenvalue weighted by atomic mass is 16.5. The maximum atomic E-state index is 13.1. The first-order valence-corrected chi connectivity index (χ1v) is 9.62. The smallest absolute Gasteiger partial charge is 0.263 e. The molecule has 0 unspecified atom stereocenters. The molecule has 0 radical (unpaired) electrons. The van der Waals surface area contributed by atoms with Gasteiger partial charge >= 0.3 is 0 Å². The van der Waals surface area contributed by atoms with Gasteiger partial charge in [-0.2, -0.15) is 5.10 Å². The number of carbonyl (C=O) groups excluding carboxylic acids is 1. The van der Waals surface area contributed by atoms with Gasteiger partial charge in [0.1, 0.15) is 11.9 Å². The third-order valence-electron chi connectivity index (χ3n) is 5.15. The maximum absolute atomic E-state index is 13.1. The molecule has 150 valence electrons. The highest BCUT2D eigenvalue weighted by Crippen LogP contribution is 2.20. The van der Waals surface area contributed by atoms with Crippen molar-refractivity contribution in [1.29, 1.82) is 0 Å². The summed E-state index contributed by atoms with van der Waals surface area (Å²) in [6, 6.07) is 9.10. The van der Waals surface area contributed by atoms with Gasteiger partial charge in [0.15, 0.2) is 5.82 Å². The van der Waals surface area contributed by atoms with Crippen LogP contribution in [0.4, 0.5) is 5.69 Å². The van der Waals surface area contributed by atoms with Crippen molar-refractivity contribution < 1.29 is 9.53 Å². The van der Waals surface area contributed by atoms with Crippen molar-refractivity contribution in [3.8, 4) is 11.4 Å². The van der Waals surface area contributed by atoms with Crippen molar-refractivity contribution in [2.75, 3.05) is 11.9 Å². The number of amides is 1. The van der Waals surface area contributed by atoms with Crippen molar-refractivity contribution >= 4 is 11.6 Å². The van der Waals surface area contributed by atoms with E-state index in [1.807, 2.05) is 25.1 Å². The number of ether oxygens (including phenoxy) is 1. The Bertz CT molecular complexity index is 1080. The van der Waals surface area contributed by atoms with E-state index in [0.717, 1.165) is 30.7 Å². The second-order valence-corrected chi connectivity index (χ2v) is 7.26. The molecule has 0 spiro atoms. The monoisotopic (exact) mass is 393 g/mol. The number of carbonyl (C=O) groups is 1. The molecular weight excluding hydrogens is 370 g/mol. The lowest BCUT2D eigenvalue weighted by atomic mass is 10.1. The summed E-state index contributed by atoms with van der Waals surface area (Å²) < 4.78 is 7.31. The van der Waals surface area contributed by atoms with Crippen molar-refractivity contribution in [3.05, 3.63) is 63.8 Å². The second-order valence-electron chi connectivity index (χ2n) is 7.26. The van der Waals surface area contributed by atoms with Crippen LogP contribution in [0.2, 0.25) is 0 Å². The van der Waals surface area contributed by atoms with Gasteiger partial charge in [0.25, 0.3) is 11.5 Å². The molecule has 1 amide bonds. The van der Waals surface area contributed by atoms with Gasteiger partial charge in [0.2, 0.25) is 0 Å². The Hall–Kier alpha value is -3.26. The molecule has 1 aromatic carbocycles. The maximum Gasteiger partial charge on any atom is 0.263 e. The Morgan fingerprint density at radius 3 is 2.93 bits per heavy atom. The van der Waals surface area contributed by atoms with Crippen molar-refractivity contribution in [3.63, 3.8) is 0 Å². The zero-order valence-corrected chi connectivity index (χ0v) is 16.4. The molecule has 1 aliphatic rings. The van der Waals surface area contributed by atoms with Gasteiger partial charge in [-0.3, -0.25) is 14.7 Å². The molecule has 0 saturated carbocycles. The van der Waals surface area contributed by atoms with Crippen LogP contribution in [0.3, 0.4) is 0 Å². The molecule has 0 aliphatic carbocycles. The Kier molecular flexibility index (Phi) is 5.26.